The van der Waals surface area contributed by atoms with Crippen molar-refractivity contribution >= 4 is 0 Å². The first kappa shape index (κ1) is 9.69. The van der Waals surface area contributed by atoms with Gasteiger partial charge >= 0.3 is 0 Å². The van der Waals surface area contributed by atoms with Crippen LogP contribution in [0.15, 0.2) is 24.3 Å². The van der Waals surface area contributed by atoms with Crippen molar-refractivity contribution in [2.24, 2.45) is 5.73 Å². The van der Waals surface area contributed by atoms with E-state index in [2.05, 4.69) is 24.3 Å². The normalized spacial score (nSPS) is 22.2. The van der Waals surface area contributed by atoms with E-state index in [-0.39, 0.29) is 0 Å². The summed E-state index contributed by atoms with van der Waals surface area (Å²) in [7, 11) is 0. The van der Waals surface area contributed by atoms with Gasteiger partial charge in [0.2, 0.25) is 0 Å². The molecule has 0 amide bonds. The van der Waals surface area contributed by atoms with Crippen LogP contribution in [0.5, 0.6) is 0 Å². The standard InChI is InChI=1S/C12H17NO/c13-9-10-4-3-5-11(8-10)12-6-1-2-7-14-12/h3-5,8,12H,1-2,6-7,9,13H2. The third-order valence-corrected chi connectivity index (χ3v) is 2.74. The molecule has 1 atom stereocenters. The van der Waals surface area contributed by atoms with Gasteiger partial charge in [0.1, 0.15) is 0 Å². The summed E-state index contributed by atoms with van der Waals surface area (Å²) in [5.41, 5.74) is 8.08. The van der Waals surface area contributed by atoms with Crippen molar-refractivity contribution < 1.29 is 4.74 Å². The van der Waals surface area contributed by atoms with E-state index in [4.69, 9.17) is 10.5 Å². The molecule has 1 aromatic carbocycles. The van der Waals surface area contributed by atoms with Gasteiger partial charge in [-0.3, -0.25) is 0 Å². The molecule has 1 fully saturated rings. The molecule has 1 aromatic rings. The SMILES string of the molecule is NCc1cccc(C2CCCCO2)c1. The molecule has 0 saturated carbocycles. The number of ether oxygens (including phenoxy) is 1. The fourth-order valence-corrected chi connectivity index (χ4v) is 1.92. The van der Waals surface area contributed by atoms with Crippen molar-refractivity contribution in [3.8, 4) is 0 Å². The first-order valence-electron chi connectivity index (χ1n) is 5.30. The number of hydrogen-bond acceptors (Lipinski definition) is 2. The molecular weight excluding hydrogens is 174 g/mol. The van der Waals surface area contributed by atoms with Crippen molar-refractivity contribution in [2.75, 3.05) is 6.61 Å². The summed E-state index contributed by atoms with van der Waals surface area (Å²) in [6, 6.07) is 8.42. The van der Waals surface area contributed by atoms with Crippen LogP contribution in [0, 0.1) is 0 Å². The minimum Gasteiger partial charge on any atom is -0.374 e. The van der Waals surface area contributed by atoms with Gasteiger partial charge in [-0.1, -0.05) is 24.3 Å². The minimum atomic E-state index is 0.301. The van der Waals surface area contributed by atoms with Crippen LogP contribution in [-0.4, -0.2) is 6.61 Å². The van der Waals surface area contributed by atoms with Gasteiger partial charge in [0, 0.05) is 13.2 Å². The zero-order valence-corrected chi connectivity index (χ0v) is 8.41. The van der Waals surface area contributed by atoms with E-state index in [1.165, 1.54) is 24.0 Å². The van der Waals surface area contributed by atoms with E-state index in [0.29, 0.717) is 12.6 Å². The van der Waals surface area contributed by atoms with Gasteiger partial charge in [0.15, 0.2) is 0 Å². The van der Waals surface area contributed by atoms with Crippen LogP contribution in [-0.2, 0) is 11.3 Å². The molecule has 0 spiro atoms. The molecule has 2 nitrogen and oxygen atoms in total. The molecule has 1 unspecified atom stereocenters. The van der Waals surface area contributed by atoms with Gasteiger partial charge in [0.25, 0.3) is 0 Å². The third-order valence-electron chi connectivity index (χ3n) is 2.74. The zero-order chi connectivity index (χ0) is 9.80. The topological polar surface area (TPSA) is 35.2 Å². The van der Waals surface area contributed by atoms with Crippen molar-refractivity contribution in [2.45, 2.75) is 31.9 Å². The van der Waals surface area contributed by atoms with E-state index in [9.17, 15) is 0 Å². The zero-order valence-electron chi connectivity index (χ0n) is 8.41. The fraction of sp³-hybridized carbons (Fsp3) is 0.500. The van der Waals surface area contributed by atoms with E-state index in [1.807, 2.05) is 0 Å². The van der Waals surface area contributed by atoms with Crippen LogP contribution in [0.2, 0.25) is 0 Å². The maximum atomic E-state index is 5.72. The molecule has 0 aromatic heterocycles. The maximum absolute atomic E-state index is 5.72. The predicted octanol–water partition coefficient (Wildman–Crippen LogP) is 2.39. The maximum Gasteiger partial charge on any atom is 0.0825 e. The molecule has 1 saturated heterocycles. The highest BCUT2D eigenvalue weighted by Crippen LogP contribution is 2.27. The highest BCUT2D eigenvalue weighted by atomic mass is 16.5. The first-order valence-corrected chi connectivity index (χ1v) is 5.30. The van der Waals surface area contributed by atoms with E-state index in [1.54, 1.807) is 0 Å². The summed E-state index contributed by atoms with van der Waals surface area (Å²) in [4.78, 5) is 0. The van der Waals surface area contributed by atoms with Crippen molar-refractivity contribution in [3.63, 3.8) is 0 Å². The van der Waals surface area contributed by atoms with Gasteiger partial charge in [-0.2, -0.15) is 0 Å². The summed E-state index contributed by atoms with van der Waals surface area (Å²) in [5, 5.41) is 0. The number of benzene rings is 1. The Bertz CT molecular complexity index is 292. The Morgan fingerprint density at radius 1 is 1.36 bits per heavy atom. The molecular formula is C12H17NO. The Kier molecular flexibility index (Phi) is 3.17. The van der Waals surface area contributed by atoms with Crippen LogP contribution in [0.4, 0.5) is 0 Å². The average Bonchev–Trinajstić information content (AvgIpc) is 2.30. The Hall–Kier alpha value is -0.860. The molecule has 0 bridgehead atoms. The molecule has 2 N–H and O–H groups in total. The summed E-state index contributed by atoms with van der Waals surface area (Å²) in [6.45, 7) is 1.51. The van der Waals surface area contributed by atoms with Crippen LogP contribution < -0.4 is 5.73 Å². The molecule has 76 valence electrons. The minimum absolute atomic E-state index is 0.301. The molecule has 0 radical (unpaired) electrons. The number of rotatable bonds is 2. The molecule has 1 heterocycles. The Balaban J connectivity index is 2.13. The van der Waals surface area contributed by atoms with Crippen LogP contribution in [0.3, 0.4) is 0 Å². The lowest BCUT2D eigenvalue weighted by atomic mass is 10.00. The van der Waals surface area contributed by atoms with E-state index < -0.39 is 0 Å². The van der Waals surface area contributed by atoms with Crippen LogP contribution >= 0.6 is 0 Å². The second-order valence-corrected chi connectivity index (χ2v) is 3.80. The summed E-state index contributed by atoms with van der Waals surface area (Å²) in [6.07, 6.45) is 3.92. The van der Waals surface area contributed by atoms with Crippen molar-refractivity contribution in [1.29, 1.82) is 0 Å². The van der Waals surface area contributed by atoms with E-state index in [0.717, 1.165) is 13.0 Å². The summed E-state index contributed by atoms with van der Waals surface area (Å²) < 4.78 is 5.72. The fourth-order valence-electron chi connectivity index (χ4n) is 1.92. The lowest BCUT2D eigenvalue weighted by Crippen LogP contribution is -2.11. The van der Waals surface area contributed by atoms with Crippen LogP contribution in [0.1, 0.15) is 36.5 Å². The summed E-state index contributed by atoms with van der Waals surface area (Å²) in [5.74, 6) is 0. The van der Waals surface area contributed by atoms with Gasteiger partial charge in [-0.25, -0.2) is 0 Å². The number of hydrogen-bond donors (Lipinski definition) is 1. The van der Waals surface area contributed by atoms with Crippen molar-refractivity contribution in [3.05, 3.63) is 35.4 Å². The second kappa shape index (κ2) is 4.58. The van der Waals surface area contributed by atoms with Gasteiger partial charge in [-0.05, 0) is 30.4 Å². The van der Waals surface area contributed by atoms with Crippen molar-refractivity contribution in [1.82, 2.24) is 0 Å². The Morgan fingerprint density at radius 3 is 3.00 bits per heavy atom. The quantitative estimate of drug-likeness (QED) is 0.779. The van der Waals surface area contributed by atoms with E-state index >= 15 is 0 Å². The van der Waals surface area contributed by atoms with Gasteiger partial charge in [-0.15, -0.1) is 0 Å². The van der Waals surface area contributed by atoms with Gasteiger partial charge in [0.05, 0.1) is 6.10 Å². The molecule has 2 rings (SSSR count). The third kappa shape index (κ3) is 2.14. The largest absolute Gasteiger partial charge is 0.374 e. The summed E-state index contributed by atoms with van der Waals surface area (Å²) >= 11 is 0. The molecule has 0 aliphatic carbocycles. The predicted molar refractivity (Wildman–Crippen MR) is 56.9 cm³/mol. The lowest BCUT2D eigenvalue weighted by Gasteiger charge is -2.23. The van der Waals surface area contributed by atoms with Gasteiger partial charge < -0.3 is 10.5 Å². The lowest BCUT2D eigenvalue weighted by molar-refractivity contribution is 0.0149. The highest BCUT2D eigenvalue weighted by Gasteiger charge is 2.15. The monoisotopic (exact) mass is 191 g/mol. The van der Waals surface area contributed by atoms with Crippen LogP contribution in [0.25, 0.3) is 0 Å². The second-order valence-electron chi connectivity index (χ2n) is 3.80. The number of nitrogens with two attached hydrogens (primary N) is 1. The first-order chi connectivity index (χ1) is 6.90. The molecule has 1 aliphatic heterocycles. The Morgan fingerprint density at radius 2 is 2.29 bits per heavy atom. The smallest absolute Gasteiger partial charge is 0.0825 e. The Labute approximate surface area is 85.1 Å². The molecule has 2 heteroatoms. The highest BCUT2D eigenvalue weighted by molar-refractivity contribution is 5.25. The molecule has 14 heavy (non-hydrogen) atoms. The average molecular weight is 191 g/mol. The molecule has 1 aliphatic rings.